The van der Waals surface area contributed by atoms with Gasteiger partial charge in [-0.1, -0.05) is 6.07 Å². The van der Waals surface area contributed by atoms with Crippen molar-refractivity contribution in [2.24, 2.45) is 0 Å². The van der Waals surface area contributed by atoms with Gasteiger partial charge in [0.25, 0.3) is 11.6 Å². The summed E-state index contributed by atoms with van der Waals surface area (Å²) in [6.07, 6.45) is 0. The van der Waals surface area contributed by atoms with E-state index in [0.29, 0.717) is 11.3 Å². The van der Waals surface area contributed by atoms with Gasteiger partial charge in [0.15, 0.2) is 0 Å². The zero-order chi connectivity index (χ0) is 15.4. The van der Waals surface area contributed by atoms with Gasteiger partial charge in [0.2, 0.25) is 0 Å². The summed E-state index contributed by atoms with van der Waals surface area (Å²) in [7, 11) is 1.58. The number of nitrogens with zero attached hydrogens (tertiary/aromatic N) is 1. The Hall–Kier alpha value is -2.41. The van der Waals surface area contributed by atoms with Crippen molar-refractivity contribution in [3.8, 4) is 0 Å². The van der Waals surface area contributed by atoms with Crippen molar-refractivity contribution < 1.29 is 9.72 Å². The SMILES string of the molecule is CNc1cc(C(=O)NC(C)c2cccs2)ccc1[N+](=O)[O-]. The monoisotopic (exact) mass is 305 g/mol. The molecule has 1 heterocycles. The standard InChI is InChI=1S/C14H15N3O3S/c1-9(13-4-3-7-21-13)16-14(18)10-5-6-12(17(19)20)11(8-10)15-2/h3-9,15H,1-2H3,(H,16,18). The normalized spacial score (nSPS) is 11.7. The van der Waals surface area contributed by atoms with Crippen LogP contribution in [0.4, 0.5) is 11.4 Å². The second kappa shape index (κ2) is 6.36. The van der Waals surface area contributed by atoms with Crippen molar-refractivity contribution in [3.05, 3.63) is 56.3 Å². The van der Waals surface area contributed by atoms with E-state index in [1.165, 1.54) is 18.2 Å². The number of hydrogen-bond donors (Lipinski definition) is 2. The number of rotatable bonds is 5. The molecule has 0 radical (unpaired) electrons. The first-order valence-corrected chi connectivity index (χ1v) is 7.21. The molecule has 1 aromatic carbocycles. The number of nitro groups is 1. The average Bonchev–Trinajstić information content (AvgIpc) is 3.00. The second-order valence-corrected chi connectivity index (χ2v) is 5.43. The third kappa shape index (κ3) is 3.38. The van der Waals surface area contributed by atoms with E-state index in [0.717, 1.165) is 4.88 Å². The summed E-state index contributed by atoms with van der Waals surface area (Å²) in [4.78, 5) is 23.6. The number of thiophene rings is 1. The number of hydrogen-bond acceptors (Lipinski definition) is 5. The van der Waals surface area contributed by atoms with E-state index in [-0.39, 0.29) is 17.6 Å². The molecule has 7 heteroatoms. The van der Waals surface area contributed by atoms with Crippen LogP contribution in [0.25, 0.3) is 0 Å². The van der Waals surface area contributed by atoms with E-state index in [9.17, 15) is 14.9 Å². The number of carbonyl (C=O) groups is 1. The summed E-state index contributed by atoms with van der Waals surface area (Å²) >= 11 is 1.57. The maximum atomic E-state index is 12.2. The average molecular weight is 305 g/mol. The molecule has 6 nitrogen and oxygen atoms in total. The zero-order valence-electron chi connectivity index (χ0n) is 11.6. The van der Waals surface area contributed by atoms with Gasteiger partial charge in [-0.3, -0.25) is 14.9 Å². The Balaban J connectivity index is 2.18. The van der Waals surface area contributed by atoms with Crippen LogP contribution in [-0.4, -0.2) is 17.9 Å². The number of anilines is 1. The fourth-order valence-corrected chi connectivity index (χ4v) is 2.66. The summed E-state index contributed by atoms with van der Waals surface area (Å²) in [5.41, 5.74) is 0.644. The molecule has 0 aliphatic heterocycles. The number of amides is 1. The molecule has 2 rings (SSSR count). The van der Waals surface area contributed by atoms with Gasteiger partial charge in [-0.2, -0.15) is 0 Å². The molecule has 1 amide bonds. The van der Waals surface area contributed by atoms with Gasteiger partial charge in [-0.25, -0.2) is 0 Å². The first-order chi connectivity index (χ1) is 10.0. The Morgan fingerprint density at radius 2 is 2.14 bits per heavy atom. The molecule has 0 aliphatic rings. The lowest BCUT2D eigenvalue weighted by Gasteiger charge is -2.13. The molecular weight excluding hydrogens is 290 g/mol. The van der Waals surface area contributed by atoms with E-state index in [2.05, 4.69) is 10.6 Å². The second-order valence-electron chi connectivity index (χ2n) is 4.45. The largest absolute Gasteiger partial charge is 0.383 e. The lowest BCUT2D eigenvalue weighted by atomic mass is 10.1. The first-order valence-electron chi connectivity index (χ1n) is 6.33. The number of carbonyl (C=O) groups excluding carboxylic acids is 1. The van der Waals surface area contributed by atoms with Crippen molar-refractivity contribution in [1.29, 1.82) is 0 Å². The molecule has 0 bridgehead atoms. The maximum absolute atomic E-state index is 12.2. The van der Waals surface area contributed by atoms with Gasteiger partial charge >= 0.3 is 0 Å². The zero-order valence-corrected chi connectivity index (χ0v) is 12.4. The van der Waals surface area contributed by atoms with Crippen LogP contribution < -0.4 is 10.6 Å². The predicted octanol–water partition coefficient (Wildman–Crippen LogP) is 3.19. The van der Waals surface area contributed by atoms with Crippen LogP contribution in [0.1, 0.15) is 28.2 Å². The number of nitro benzene ring substituents is 1. The number of nitrogens with one attached hydrogen (secondary N) is 2. The Kier molecular flexibility index (Phi) is 4.54. The highest BCUT2D eigenvalue weighted by Crippen LogP contribution is 2.25. The smallest absolute Gasteiger partial charge is 0.292 e. The van der Waals surface area contributed by atoms with Crippen molar-refractivity contribution in [2.75, 3.05) is 12.4 Å². The quantitative estimate of drug-likeness (QED) is 0.656. The summed E-state index contributed by atoms with van der Waals surface area (Å²) < 4.78 is 0. The lowest BCUT2D eigenvalue weighted by Crippen LogP contribution is -2.26. The van der Waals surface area contributed by atoms with Crippen LogP contribution in [0.15, 0.2) is 35.7 Å². The van der Waals surface area contributed by atoms with Crippen LogP contribution >= 0.6 is 11.3 Å². The highest BCUT2D eigenvalue weighted by Gasteiger charge is 2.17. The molecule has 0 spiro atoms. The van der Waals surface area contributed by atoms with E-state index in [1.54, 1.807) is 18.4 Å². The minimum atomic E-state index is -0.484. The lowest BCUT2D eigenvalue weighted by molar-refractivity contribution is -0.383. The topological polar surface area (TPSA) is 84.3 Å². The highest BCUT2D eigenvalue weighted by molar-refractivity contribution is 7.10. The summed E-state index contributed by atoms with van der Waals surface area (Å²) in [5.74, 6) is -0.262. The van der Waals surface area contributed by atoms with Gasteiger partial charge in [-0.05, 0) is 30.5 Å². The van der Waals surface area contributed by atoms with Crippen LogP contribution in [0, 0.1) is 10.1 Å². The molecule has 21 heavy (non-hydrogen) atoms. The fraction of sp³-hybridized carbons (Fsp3) is 0.214. The molecule has 0 saturated heterocycles. The van der Waals surface area contributed by atoms with Gasteiger partial charge in [0, 0.05) is 23.6 Å². The van der Waals surface area contributed by atoms with Crippen molar-refractivity contribution >= 4 is 28.6 Å². The van der Waals surface area contributed by atoms with Crippen molar-refractivity contribution in [1.82, 2.24) is 5.32 Å². The molecule has 1 aromatic heterocycles. The van der Waals surface area contributed by atoms with Crippen LogP contribution in [0.5, 0.6) is 0 Å². The Bertz CT molecular complexity index is 655. The fourth-order valence-electron chi connectivity index (χ4n) is 1.93. The molecular formula is C14H15N3O3S. The Labute approximate surface area is 126 Å². The molecule has 0 saturated carbocycles. The molecule has 2 aromatic rings. The third-order valence-corrected chi connectivity index (χ3v) is 4.10. The van der Waals surface area contributed by atoms with Gasteiger partial charge in [-0.15, -0.1) is 11.3 Å². The van der Waals surface area contributed by atoms with Crippen LogP contribution in [-0.2, 0) is 0 Å². The number of benzene rings is 1. The predicted molar refractivity (Wildman–Crippen MR) is 82.8 cm³/mol. The summed E-state index contributed by atoms with van der Waals surface area (Å²) in [6, 6.07) is 8.03. The minimum Gasteiger partial charge on any atom is -0.383 e. The molecule has 2 N–H and O–H groups in total. The van der Waals surface area contributed by atoms with E-state index >= 15 is 0 Å². The van der Waals surface area contributed by atoms with Gasteiger partial charge in [0.1, 0.15) is 5.69 Å². The van der Waals surface area contributed by atoms with Crippen LogP contribution in [0.3, 0.4) is 0 Å². The highest BCUT2D eigenvalue weighted by atomic mass is 32.1. The summed E-state index contributed by atoms with van der Waals surface area (Å²) in [5, 5.41) is 18.4. The Morgan fingerprint density at radius 1 is 1.38 bits per heavy atom. The van der Waals surface area contributed by atoms with E-state index < -0.39 is 4.92 Å². The maximum Gasteiger partial charge on any atom is 0.292 e. The molecule has 1 unspecified atom stereocenters. The van der Waals surface area contributed by atoms with E-state index in [1.807, 2.05) is 24.4 Å². The van der Waals surface area contributed by atoms with Gasteiger partial charge < -0.3 is 10.6 Å². The first kappa shape index (κ1) is 15.0. The summed E-state index contributed by atoms with van der Waals surface area (Å²) in [6.45, 7) is 1.90. The molecule has 1 atom stereocenters. The Morgan fingerprint density at radius 3 is 2.71 bits per heavy atom. The van der Waals surface area contributed by atoms with Crippen LogP contribution in [0.2, 0.25) is 0 Å². The molecule has 0 aliphatic carbocycles. The molecule has 110 valence electrons. The van der Waals surface area contributed by atoms with Crippen molar-refractivity contribution in [2.45, 2.75) is 13.0 Å². The minimum absolute atomic E-state index is 0.0552. The van der Waals surface area contributed by atoms with Gasteiger partial charge in [0.05, 0.1) is 11.0 Å². The van der Waals surface area contributed by atoms with Crippen molar-refractivity contribution in [3.63, 3.8) is 0 Å². The third-order valence-electron chi connectivity index (χ3n) is 3.04. The molecule has 0 fully saturated rings. The van der Waals surface area contributed by atoms with E-state index in [4.69, 9.17) is 0 Å².